The SMILES string of the molecule is Cc1ccc(Cc2ncc(CCO)o2)cc1. The molecule has 84 valence electrons. The molecule has 2 rings (SSSR count). The number of benzene rings is 1. The first kappa shape index (κ1) is 10.9. The second-order valence-corrected chi connectivity index (χ2v) is 3.86. The molecule has 0 aliphatic heterocycles. The molecule has 16 heavy (non-hydrogen) atoms. The Labute approximate surface area is 94.8 Å². The van der Waals surface area contributed by atoms with E-state index in [9.17, 15) is 0 Å². The van der Waals surface area contributed by atoms with Gasteiger partial charge in [-0.1, -0.05) is 29.8 Å². The van der Waals surface area contributed by atoms with Gasteiger partial charge in [-0.3, -0.25) is 0 Å². The van der Waals surface area contributed by atoms with E-state index in [1.165, 1.54) is 11.1 Å². The highest BCUT2D eigenvalue weighted by molar-refractivity contribution is 5.23. The molecule has 1 aromatic carbocycles. The molecule has 0 saturated carbocycles. The second kappa shape index (κ2) is 4.94. The van der Waals surface area contributed by atoms with Crippen molar-refractivity contribution in [3.63, 3.8) is 0 Å². The van der Waals surface area contributed by atoms with Crippen molar-refractivity contribution in [1.82, 2.24) is 4.98 Å². The summed E-state index contributed by atoms with van der Waals surface area (Å²) >= 11 is 0. The van der Waals surface area contributed by atoms with Crippen LogP contribution >= 0.6 is 0 Å². The van der Waals surface area contributed by atoms with Gasteiger partial charge >= 0.3 is 0 Å². The number of hydrogen-bond donors (Lipinski definition) is 1. The molecular weight excluding hydrogens is 202 g/mol. The van der Waals surface area contributed by atoms with Crippen LogP contribution in [-0.4, -0.2) is 16.7 Å². The zero-order valence-electron chi connectivity index (χ0n) is 9.31. The van der Waals surface area contributed by atoms with E-state index in [2.05, 4.69) is 36.2 Å². The summed E-state index contributed by atoms with van der Waals surface area (Å²) in [7, 11) is 0. The lowest BCUT2D eigenvalue weighted by Gasteiger charge is -1.98. The molecule has 0 aliphatic carbocycles. The monoisotopic (exact) mass is 217 g/mol. The number of rotatable bonds is 4. The van der Waals surface area contributed by atoms with Crippen molar-refractivity contribution in [3.05, 3.63) is 53.2 Å². The molecule has 1 aromatic heterocycles. The summed E-state index contributed by atoms with van der Waals surface area (Å²) in [6.45, 7) is 2.16. The molecule has 3 nitrogen and oxygen atoms in total. The standard InChI is InChI=1S/C13H15NO2/c1-10-2-4-11(5-3-10)8-13-14-9-12(16-13)6-7-15/h2-5,9,15H,6-8H2,1H3. The van der Waals surface area contributed by atoms with Crippen LogP contribution in [0, 0.1) is 6.92 Å². The van der Waals surface area contributed by atoms with Gasteiger partial charge in [-0.25, -0.2) is 4.98 Å². The summed E-state index contributed by atoms with van der Waals surface area (Å²) in [5.41, 5.74) is 2.43. The van der Waals surface area contributed by atoms with Crippen molar-refractivity contribution in [2.24, 2.45) is 0 Å². The van der Waals surface area contributed by atoms with Crippen LogP contribution in [0.1, 0.15) is 22.8 Å². The van der Waals surface area contributed by atoms with E-state index in [1.807, 2.05) is 0 Å². The fourth-order valence-corrected chi connectivity index (χ4v) is 1.54. The molecule has 0 fully saturated rings. The maximum Gasteiger partial charge on any atom is 0.198 e. The maximum atomic E-state index is 8.76. The van der Waals surface area contributed by atoms with Crippen LogP contribution in [0.25, 0.3) is 0 Å². The Hall–Kier alpha value is -1.61. The Morgan fingerprint density at radius 2 is 2.00 bits per heavy atom. The minimum atomic E-state index is 0.0964. The van der Waals surface area contributed by atoms with Gasteiger partial charge in [0.2, 0.25) is 0 Å². The van der Waals surface area contributed by atoms with Crippen LogP contribution in [0.15, 0.2) is 34.9 Å². The molecule has 2 aromatic rings. The second-order valence-electron chi connectivity index (χ2n) is 3.86. The quantitative estimate of drug-likeness (QED) is 0.853. The molecule has 3 heteroatoms. The zero-order valence-corrected chi connectivity index (χ0v) is 9.31. The van der Waals surface area contributed by atoms with Crippen molar-refractivity contribution in [2.75, 3.05) is 6.61 Å². The highest BCUT2D eigenvalue weighted by atomic mass is 16.4. The normalized spacial score (nSPS) is 10.6. The molecule has 0 bridgehead atoms. The fourth-order valence-electron chi connectivity index (χ4n) is 1.54. The summed E-state index contributed by atoms with van der Waals surface area (Å²) in [4.78, 5) is 4.17. The summed E-state index contributed by atoms with van der Waals surface area (Å²) in [6.07, 6.45) is 2.91. The molecule has 0 unspecified atom stereocenters. The topological polar surface area (TPSA) is 46.3 Å². The predicted octanol–water partition coefficient (Wildman–Crippen LogP) is 2.11. The summed E-state index contributed by atoms with van der Waals surface area (Å²) < 4.78 is 5.49. The van der Waals surface area contributed by atoms with E-state index in [4.69, 9.17) is 9.52 Å². The molecule has 1 N–H and O–H groups in total. The first-order chi connectivity index (χ1) is 7.78. The number of aromatic nitrogens is 1. The van der Waals surface area contributed by atoms with E-state index in [0.29, 0.717) is 18.7 Å². The number of aliphatic hydroxyl groups excluding tert-OH is 1. The maximum absolute atomic E-state index is 8.76. The lowest BCUT2D eigenvalue weighted by molar-refractivity contribution is 0.286. The van der Waals surface area contributed by atoms with Crippen molar-refractivity contribution in [2.45, 2.75) is 19.8 Å². The molecule has 0 aliphatic rings. The average Bonchev–Trinajstić information content (AvgIpc) is 2.70. The molecular formula is C13H15NO2. The number of oxazole rings is 1. The fraction of sp³-hybridized carbons (Fsp3) is 0.308. The van der Waals surface area contributed by atoms with Gasteiger partial charge < -0.3 is 9.52 Å². The van der Waals surface area contributed by atoms with Crippen LogP contribution in [0.2, 0.25) is 0 Å². The van der Waals surface area contributed by atoms with E-state index < -0.39 is 0 Å². The molecule has 0 saturated heterocycles. The van der Waals surface area contributed by atoms with Gasteiger partial charge in [0.05, 0.1) is 12.8 Å². The molecule has 1 heterocycles. The van der Waals surface area contributed by atoms with Gasteiger partial charge in [-0.2, -0.15) is 0 Å². The molecule has 0 spiro atoms. The highest BCUT2D eigenvalue weighted by Crippen LogP contribution is 2.11. The van der Waals surface area contributed by atoms with Crippen LogP contribution in [-0.2, 0) is 12.8 Å². The Kier molecular flexibility index (Phi) is 3.37. The molecule has 0 amide bonds. The van der Waals surface area contributed by atoms with Crippen molar-refractivity contribution >= 4 is 0 Å². The van der Waals surface area contributed by atoms with Crippen LogP contribution in [0.5, 0.6) is 0 Å². The van der Waals surface area contributed by atoms with Gasteiger partial charge in [0.25, 0.3) is 0 Å². The summed E-state index contributed by atoms with van der Waals surface area (Å²) in [5, 5.41) is 8.76. The predicted molar refractivity (Wildman–Crippen MR) is 61.3 cm³/mol. The van der Waals surface area contributed by atoms with Crippen LogP contribution in [0.4, 0.5) is 0 Å². The lowest BCUT2D eigenvalue weighted by atomic mass is 10.1. The van der Waals surface area contributed by atoms with Gasteiger partial charge in [-0.15, -0.1) is 0 Å². The third-order valence-corrected chi connectivity index (χ3v) is 2.44. The van der Waals surface area contributed by atoms with Crippen LogP contribution < -0.4 is 0 Å². The van der Waals surface area contributed by atoms with Crippen molar-refractivity contribution < 1.29 is 9.52 Å². The first-order valence-electron chi connectivity index (χ1n) is 5.38. The van der Waals surface area contributed by atoms with Crippen LogP contribution in [0.3, 0.4) is 0 Å². The largest absolute Gasteiger partial charge is 0.445 e. The number of aliphatic hydroxyl groups is 1. The Bertz CT molecular complexity index is 445. The van der Waals surface area contributed by atoms with Crippen molar-refractivity contribution in [3.8, 4) is 0 Å². The number of nitrogens with zero attached hydrogens (tertiary/aromatic N) is 1. The van der Waals surface area contributed by atoms with Gasteiger partial charge in [-0.05, 0) is 12.5 Å². The molecule has 0 atom stereocenters. The van der Waals surface area contributed by atoms with Gasteiger partial charge in [0, 0.05) is 12.8 Å². The Morgan fingerprint density at radius 3 is 2.69 bits per heavy atom. The minimum absolute atomic E-state index is 0.0964. The van der Waals surface area contributed by atoms with Gasteiger partial charge in [0.1, 0.15) is 5.76 Å². The van der Waals surface area contributed by atoms with E-state index in [-0.39, 0.29) is 6.61 Å². The average molecular weight is 217 g/mol. The highest BCUT2D eigenvalue weighted by Gasteiger charge is 2.04. The van der Waals surface area contributed by atoms with E-state index in [1.54, 1.807) is 6.20 Å². The minimum Gasteiger partial charge on any atom is -0.445 e. The third kappa shape index (κ3) is 2.70. The first-order valence-corrected chi connectivity index (χ1v) is 5.38. The number of hydrogen-bond acceptors (Lipinski definition) is 3. The number of aryl methyl sites for hydroxylation is 1. The van der Waals surface area contributed by atoms with E-state index in [0.717, 1.165) is 5.76 Å². The van der Waals surface area contributed by atoms with Gasteiger partial charge in [0.15, 0.2) is 5.89 Å². The van der Waals surface area contributed by atoms with Crippen molar-refractivity contribution in [1.29, 1.82) is 0 Å². The lowest BCUT2D eigenvalue weighted by Crippen LogP contribution is -1.88. The van der Waals surface area contributed by atoms with E-state index >= 15 is 0 Å². The zero-order chi connectivity index (χ0) is 11.4. The Balaban J connectivity index is 2.05. The smallest absolute Gasteiger partial charge is 0.198 e. The summed E-state index contributed by atoms with van der Waals surface area (Å²) in [6, 6.07) is 8.30. The molecule has 0 radical (unpaired) electrons. The Morgan fingerprint density at radius 1 is 1.25 bits per heavy atom. The third-order valence-electron chi connectivity index (χ3n) is 2.44. The summed E-state index contributed by atoms with van der Waals surface area (Å²) in [5.74, 6) is 1.44.